The molecule has 1 aliphatic rings. The molecule has 4 nitrogen and oxygen atoms in total. The Balaban J connectivity index is 2.34. The maximum absolute atomic E-state index is 11.1. The molecule has 1 saturated heterocycles. The van der Waals surface area contributed by atoms with E-state index in [4.69, 9.17) is 10.4 Å². The summed E-state index contributed by atoms with van der Waals surface area (Å²) in [5.74, 6) is -0.686. The standard InChI is InChI=1S/C12H20N2O2/c1-12(11(15)16)6-5-9-14(10-12)8-4-2-3-7-13/h2-6,8-10H2,1H3,(H,15,16). The molecule has 1 fully saturated rings. The van der Waals surface area contributed by atoms with Crippen molar-refractivity contribution in [2.75, 3.05) is 19.6 Å². The normalized spacial score (nSPS) is 26.2. The number of carbonyl (C=O) groups is 1. The van der Waals surface area contributed by atoms with Gasteiger partial charge in [-0.15, -0.1) is 0 Å². The fourth-order valence-corrected chi connectivity index (χ4v) is 2.25. The van der Waals surface area contributed by atoms with Crippen LogP contribution in [0.4, 0.5) is 0 Å². The van der Waals surface area contributed by atoms with Gasteiger partial charge in [0.15, 0.2) is 0 Å². The minimum absolute atomic E-state index is 0.576. The fraction of sp³-hybridized carbons (Fsp3) is 0.833. The lowest BCUT2D eigenvalue weighted by Gasteiger charge is -2.37. The first-order chi connectivity index (χ1) is 7.58. The number of hydrogen-bond acceptors (Lipinski definition) is 3. The largest absolute Gasteiger partial charge is 0.481 e. The molecule has 1 aliphatic heterocycles. The number of likely N-dealkylation sites (tertiary alicyclic amines) is 1. The highest BCUT2D eigenvalue weighted by molar-refractivity contribution is 5.74. The lowest BCUT2D eigenvalue weighted by molar-refractivity contribution is -0.151. The van der Waals surface area contributed by atoms with Crippen LogP contribution in [0.1, 0.15) is 39.0 Å². The summed E-state index contributed by atoms with van der Waals surface area (Å²) < 4.78 is 0. The van der Waals surface area contributed by atoms with Gasteiger partial charge in [0.1, 0.15) is 0 Å². The van der Waals surface area contributed by atoms with Crippen LogP contribution in [-0.2, 0) is 4.79 Å². The van der Waals surface area contributed by atoms with E-state index in [2.05, 4.69) is 11.0 Å². The molecule has 0 spiro atoms. The van der Waals surface area contributed by atoms with Gasteiger partial charge in [0.05, 0.1) is 11.5 Å². The predicted molar refractivity (Wildman–Crippen MR) is 60.9 cm³/mol. The van der Waals surface area contributed by atoms with Crippen LogP contribution in [0.3, 0.4) is 0 Å². The molecule has 1 N–H and O–H groups in total. The summed E-state index contributed by atoms with van der Waals surface area (Å²) in [6.45, 7) is 4.39. The first-order valence-corrected chi connectivity index (χ1v) is 5.91. The molecule has 0 amide bonds. The van der Waals surface area contributed by atoms with Gasteiger partial charge in [-0.1, -0.05) is 0 Å². The highest BCUT2D eigenvalue weighted by atomic mass is 16.4. The first-order valence-electron chi connectivity index (χ1n) is 5.91. The van der Waals surface area contributed by atoms with E-state index in [1.165, 1.54) is 0 Å². The molecule has 1 unspecified atom stereocenters. The number of piperidine rings is 1. The van der Waals surface area contributed by atoms with Crippen LogP contribution in [0, 0.1) is 16.7 Å². The van der Waals surface area contributed by atoms with Gasteiger partial charge < -0.3 is 10.0 Å². The summed E-state index contributed by atoms with van der Waals surface area (Å²) in [6.07, 6.45) is 4.24. The quantitative estimate of drug-likeness (QED) is 0.724. The van der Waals surface area contributed by atoms with E-state index in [9.17, 15) is 4.79 Å². The Morgan fingerprint density at radius 1 is 1.56 bits per heavy atom. The lowest BCUT2D eigenvalue weighted by atomic mass is 9.82. The monoisotopic (exact) mass is 224 g/mol. The molecule has 0 radical (unpaired) electrons. The zero-order chi connectivity index (χ0) is 12.0. The Kier molecular flexibility index (Phi) is 4.75. The molecule has 0 aromatic carbocycles. The molecule has 0 aromatic rings. The number of rotatable bonds is 5. The van der Waals surface area contributed by atoms with Gasteiger partial charge >= 0.3 is 5.97 Å². The average molecular weight is 224 g/mol. The average Bonchev–Trinajstić information content (AvgIpc) is 2.24. The van der Waals surface area contributed by atoms with Gasteiger partial charge in [-0.2, -0.15) is 5.26 Å². The minimum atomic E-state index is -0.686. The van der Waals surface area contributed by atoms with Crippen molar-refractivity contribution in [1.82, 2.24) is 4.90 Å². The smallest absolute Gasteiger partial charge is 0.310 e. The number of unbranched alkanes of at least 4 members (excludes halogenated alkanes) is 2. The molecular weight excluding hydrogens is 204 g/mol. The SMILES string of the molecule is CC1(C(=O)O)CCCN(CCCCC#N)C1. The zero-order valence-corrected chi connectivity index (χ0v) is 9.91. The van der Waals surface area contributed by atoms with Crippen LogP contribution >= 0.6 is 0 Å². The number of carboxylic acid groups (broad SMARTS) is 1. The van der Waals surface area contributed by atoms with E-state index in [-0.39, 0.29) is 0 Å². The Hall–Kier alpha value is -1.08. The van der Waals surface area contributed by atoms with Crippen molar-refractivity contribution in [3.63, 3.8) is 0 Å². The van der Waals surface area contributed by atoms with Crippen LogP contribution in [0.25, 0.3) is 0 Å². The number of hydrogen-bond donors (Lipinski definition) is 1. The van der Waals surface area contributed by atoms with Gasteiger partial charge in [0, 0.05) is 13.0 Å². The third-order valence-corrected chi connectivity index (χ3v) is 3.30. The van der Waals surface area contributed by atoms with Crippen molar-refractivity contribution in [2.45, 2.75) is 39.0 Å². The predicted octanol–water partition coefficient (Wildman–Crippen LogP) is 1.87. The van der Waals surface area contributed by atoms with Gasteiger partial charge in [0.2, 0.25) is 0 Å². The summed E-state index contributed by atoms with van der Waals surface area (Å²) in [4.78, 5) is 13.3. The zero-order valence-electron chi connectivity index (χ0n) is 9.91. The Bertz CT molecular complexity index is 285. The molecule has 0 aromatic heterocycles. The summed E-state index contributed by atoms with van der Waals surface area (Å²) in [6, 6.07) is 2.13. The summed E-state index contributed by atoms with van der Waals surface area (Å²) in [7, 11) is 0. The van der Waals surface area contributed by atoms with Crippen molar-refractivity contribution < 1.29 is 9.90 Å². The molecule has 90 valence electrons. The van der Waals surface area contributed by atoms with Crippen LogP contribution in [0.2, 0.25) is 0 Å². The molecule has 0 aliphatic carbocycles. The second-order valence-electron chi connectivity index (χ2n) is 4.86. The summed E-state index contributed by atoms with van der Waals surface area (Å²) >= 11 is 0. The van der Waals surface area contributed by atoms with E-state index in [1.54, 1.807) is 0 Å². The van der Waals surface area contributed by atoms with Crippen LogP contribution in [0.15, 0.2) is 0 Å². The molecular formula is C12H20N2O2. The fourth-order valence-electron chi connectivity index (χ4n) is 2.25. The molecule has 1 heterocycles. The molecule has 16 heavy (non-hydrogen) atoms. The van der Waals surface area contributed by atoms with Crippen molar-refractivity contribution in [3.05, 3.63) is 0 Å². The van der Waals surface area contributed by atoms with Crippen molar-refractivity contribution in [3.8, 4) is 6.07 Å². The first kappa shape index (κ1) is 13.0. The maximum Gasteiger partial charge on any atom is 0.310 e. The molecule has 1 atom stereocenters. The summed E-state index contributed by atoms with van der Waals surface area (Å²) in [5, 5.41) is 17.6. The Morgan fingerprint density at radius 3 is 2.94 bits per heavy atom. The lowest BCUT2D eigenvalue weighted by Crippen LogP contribution is -2.46. The number of nitrogens with zero attached hydrogens (tertiary/aromatic N) is 2. The van der Waals surface area contributed by atoms with Crippen LogP contribution in [-0.4, -0.2) is 35.6 Å². The molecule has 4 heteroatoms. The number of nitriles is 1. The third-order valence-electron chi connectivity index (χ3n) is 3.30. The van der Waals surface area contributed by atoms with E-state index >= 15 is 0 Å². The molecule has 1 rings (SSSR count). The third kappa shape index (κ3) is 3.49. The maximum atomic E-state index is 11.1. The Labute approximate surface area is 96.9 Å². The van der Waals surface area contributed by atoms with E-state index < -0.39 is 11.4 Å². The molecule has 0 saturated carbocycles. The Morgan fingerprint density at radius 2 is 2.31 bits per heavy atom. The van der Waals surface area contributed by atoms with Crippen molar-refractivity contribution >= 4 is 5.97 Å². The van der Waals surface area contributed by atoms with Gasteiger partial charge in [-0.25, -0.2) is 0 Å². The highest BCUT2D eigenvalue weighted by Gasteiger charge is 2.37. The molecule has 0 bridgehead atoms. The second kappa shape index (κ2) is 5.86. The minimum Gasteiger partial charge on any atom is -0.481 e. The van der Waals surface area contributed by atoms with Gasteiger partial charge in [-0.05, 0) is 45.7 Å². The summed E-state index contributed by atoms with van der Waals surface area (Å²) in [5.41, 5.74) is -0.576. The second-order valence-corrected chi connectivity index (χ2v) is 4.86. The highest BCUT2D eigenvalue weighted by Crippen LogP contribution is 2.29. The van der Waals surface area contributed by atoms with Crippen LogP contribution < -0.4 is 0 Å². The van der Waals surface area contributed by atoms with Crippen LogP contribution in [0.5, 0.6) is 0 Å². The number of aliphatic carboxylic acids is 1. The van der Waals surface area contributed by atoms with Crippen molar-refractivity contribution in [2.24, 2.45) is 5.41 Å². The number of carboxylic acids is 1. The van der Waals surface area contributed by atoms with E-state index in [0.29, 0.717) is 13.0 Å². The van der Waals surface area contributed by atoms with Crippen molar-refractivity contribution in [1.29, 1.82) is 5.26 Å². The van der Waals surface area contributed by atoms with Gasteiger partial charge in [0.25, 0.3) is 0 Å². The van der Waals surface area contributed by atoms with E-state index in [0.717, 1.165) is 38.8 Å². The topological polar surface area (TPSA) is 64.3 Å². The van der Waals surface area contributed by atoms with E-state index in [1.807, 2.05) is 6.92 Å². The van der Waals surface area contributed by atoms with Gasteiger partial charge in [-0.3, -0.25) is 4.79 Å².